The molecule has 5 rings (SSSR count). The summed E-state index contributed by atoms with van der Waals surface area (Å²) >= 11 is 4.22. The van der Waals surface area contributed by atoms with E-state index >= 15 is 0 Å². The zero-order valence-corrected chi connectivity index (χ0v) is 22.1. The first-order chi connectivity index (χ1) is 17.9. The number of carbonyl (C=O) groups is 3. The van der Waals surface area contributed by atoms with Gasteiger partial charge in [0.15, 0.2) is 23.1 Å². The Labute approximate surface area is 224 Å². The lowest BCUT2D eigenvalue weighted by atomic mass is 10.0. The second-order valence-electron chi connectivity index (χ2n) is 8.62. The van der Waals surface area contributed by atoms with Gasteiger partial charge in [-0.25, -0.2) is 4.98 Å². The number of carboxylic acid groups (broad SMARTS) is 1. The van der Waals surface area contributed by atoms with Crippen LogP contribution in [0.2, 0.25) is 0 Å². The van der Waals surface area contributed by atoms with E-state index in [1.54, 1.807) is 16.7 Å². The van der Waals surface area contributed by atoms with Crippen molar-refractivity contribution in [3.8, 4) is 0 Å². The van der Waals surface area contributed by atoms with Gasteiger partial charge < -0.3 is 25.8 Å². The van der Waals surface area contributed by atoms with Crippen LogP contribution in [0.1, 0.15) is 29.1 Å². The maximum atomic E-state index is 13.1. The molecule has 37 heavy (non-hydrogen) atoms. The molecule has 1 saturated heterocycles. The minimum atomic E-state index is -1.40. The van der Waals surface area contributed by atoms with Crippen molar-refractivity contribution in [1.29, 1.82) is 0 Å². The molecule has 0 unspecified atom stereocenters. The molecule has 14 heteroatoms. The highest BCUT2D eigenvalue weighted by atomic mass is 32.2. The van der Waals surface area contributed by atoms with Gasteiger partial charge in [0.05, 0.1) is 16.5 Å². The third-order valence-corrected chi connectivity index (χ3v) is 9.37. The van der Waals surface area contributed by atoms with Gasteiger partial charge in [0.25, 0.3) is 11.8 Å². The number of β-lactam (4-membered cyclic amide) rings is 1. The van der Waals surface area contributed by atoms with E-state index in [0.29, 0.717) is 17.9 Å². The number of fused-ring (bicyclic) bond motifs is 2. The van der Waals surface area contributed by atoms with E-state index in [4.69, 9.17) is 10.6 Å². The van der Waals surface area contributed by atoms with Crippen LogP contribution in [0.15, 0.2) is 40.0 Å². The number of carboxylic acids is 1. The third-order valence-electron chi connectivity index (χ3n) is 6.27. The normalized spacial score (nSPS) is 21.1. The predicted octanol–water partition coefficient (Wildman–Crippen LogP) is -0.0361. The molecular weight excluding hydrogens is 536 g/mol. The number of anilines is 1. The first-order valence-corrected chi connectivity index (χ1v) is 14.4. The Kier molecular flexibility index (Phi) is 7.31. The predicted molar refractivity (Wildman–Crippen MR) is 137 cm³/mol. The van der Waals surface area contributed by atoms with E-state index in [1.165, 1.54) is 33.3 Å². The summed E-state index contributed by atoms with van der Waals surface area (Å²) in [5.74, 6) is -2.21. The van der Waals surface area contributed by atoms with E-state index in [9.17, 15) is 19.5 Å². The lowest BCUT2D eigenvalue weighted by molar-refractivity contribution is -0.692. The number of nitrogens with two attached hydrogens (primary N) is 1. The summed E-state index contributed by atoms with van der Waals surface area (Å²) in [6.45, 7) is 3.99. The molecular formula is C23H24N6O5S3. The molecule has 1 aliphatic carbocycles. The SMILES string of the molecule is C=CCO/N=C(/C(=O)N[C@@H]1C(=O)N2C(C(=O)[O-])=C(C[n+]3csc4c3CCCC4)CS[C@H]12)c1csc(N)n1. The molecule has 2 aromatic heterocycles. The number of aliphatic carboxylic acids is 1. The Morgan fingerprint density at radius 1 is 1.38 bits per heavy atom. The fourth-order valence-electron chi connectivity index (χ4n) is 4.58. The zero-order chi connectivity index (χ0) is 26.1. The van der Waals surface area contributed by atoms with Crippen molar-refractivity contribution in [2.75, 3.05) is 18.1 Å². The van der Waals surface area contributed by atoms with Gasteiger partial charge in [-0.2, -0.15) is 4.57 Å². The van der Waals surface area contributed by atoms with Crippen molar-refractivity contribution in [3.05, 3.63) is 51.1 Å². The molecule has 3 aliphatic rings. The molecule has 2 aliphatic heterocycles. The number of thiazole rings is 2. The highest BCUT2D eigenvalue weighted by molar-refractivity contribution is 8.00. The molecule has 3 N–H and O–H groups in total. The van der Waals surface area contributed by atoms with Crippen LogP contribution in [-0.4, -0.2) is 57.2 Å². The number of hydrogen-bond donors (Lipinski definition) is 2. The highest BCUT2D eigenvalue weighted by Gasteiger charge is 2.53. The zero-order valence-electron chi connectivity index (χ0n) is 19.7. The van der Waals surface area contributed by atoms with Crippen LogP contribution in [0.4, 0.5) is 5.13 Å². The lowest BCUT2D eigenvalue weighted by Gasteiger charge is -2.50. The number of nitrogens with zero attached hydrogens (tertiary/aromatic N) is 4. The van der Waals surface area contributed by atoms with Gasteiger partial charge in [-0.05, 0) is 19.3 Å². The summed E-state index contributed by atoms with van der Waals surface area (Å²) in [4.78, 5) is 50.0. The largest absolute Gasteiger partial charge is 0.543 e. The van der Waals surface area contributed by atoms with Crippen molar-refractivity contribution in [3.63, 3.8) is 0 Å². The first kappa shape index (κ1) is 25.4. The number of carbonyl (C=O) groups excluding carboxylic acids is 3. The van der Waals surface area contributed by atoms with Crippen LogP contribution in [0, 0.1) is 0 Å². The van der Waals surface area contributed by atoms with Gasteiger partial charge >= 0.3 is 0 Å². The van der Waals surface area contributed by atoms with Gasteiger partial charge in [0.2, 0.25) is 5.51 Å². The molecule has 0 spiro atoms. The van der Waals surface area contributed by atoms with Gasteiger partial charge in [-0.1, -0.05) is 29.1 Å². The Hall–Kier alpha value is -3.23. The third kappa shape index (κ3) is 4.88. The average Bonchev–Trinajstić information content (AvgIpc) is 3.50. The summed E-state index contributed by atoms with van der Waals surface area (Å²) in [5.41, 5.74) is 9.52. The minimum Gasteiger partial charge on any atom is -0.543 e. The van der Waals surface area contributed by atoms with Crippen LogP contribution < -0.4 is 20.7 Å². The topological polar surface area (TPSA) is 154 Å². The Morgan fingerprint density at radius 2 is 2.19 bits per heavy atom. The maximum Gasteiger partial charge on any atom is 0.276 e. The van der Waals surface area contributed by atoms with Crippen LogP contribution in [0.25, 0.3) is 0 Å². The molecule has 0 radical (unpaired) electrons. The van der Waals surface area contributed by atoms with Crippen molar-refractivity contribution in [2.24, 2.45) is 5.16 Å². The number of aryl methyl sites for hydroxylation is 1. The van der Waals surface area contributed by atoms with Crippen molar-refractivity contribution < 1.29 is 28.9 Å². The second-order valence-corrected chi connectivity index (χ2v) is 11.6. The number of aromatic nitrogens is 2. The van der Waals surface area contributed by atoms with Gasteiger partial charge in [-0.3, -0.25) is 14.5 Å². The van der Waals surface area contributed by atoms with E-state index in [2.05, 4.69) is 26.6 Å². The van der Waals surface area contributed by atoms with E-state index in [-0.39, 0.29) is 28.8 Å². The average molecular weight is 561 g/mol. The summed E-state index contributed by atoms with van der Waals surface area (Å²) < 4.78 is 2.09. The number of rotatable bonds is 9. The second kappa shape index (κ2) is 10.6. The van der Waals surface area contributed by atoms with Crippen LogP contribution in [0.3, 0.4) is 0 Å². The molecule has 2 aromatic rings. The summed E-state index contributed by atoms with van der Waals surface area (Å²) in [7, 11) is 0. The molecule has 0 saturated carbocycles. The number of hydrogen-bond acceptors (Lipinski definition) is 11. The van der Waals surface area contributed by atoms with Crippen LogP contribution in [-0.2, 0) is 38.6 Å². The molecule has 2 amide bonds. The van der Waals surface area contributed by atoms with E-state index < -0.39 is 29.2 Å². The summed E-state index contributed by atoms with van der Waals surface area (Å²) in [6, 6.07) is -0.935. The van der Waals surface area contributed by atoms with Crippen molar-refractivity contribution in [1.82, 2.24) is 15.2 Å². The molecule has 4 heterocycles. The van der Waals surface area contributed by atoms with Crippen LogP contribution >= 0.6 is 34.4 Å². The van der Waals surface area contributed by atoms with Gasteiger partial charge in [0, 0.05) is 23.1 Å². The molecule has 1 fully saturated rings. The quantitative estimate of drug-likeness (QED) is 0.108. The Bertz CT molecular complexity index is 1330. The number of nitrogen functional groups attached to an aromatic ring is 1. The standard InChI is InChI=1S/C23H24N6O5S3/c1-2-7-34-27-16(13-10-36-23(24)25-13)19(30)26-17-20(31)29-18(22(32)33)12(9-35-21(17)29)8-28-11-37-15-6-4-3-5-14(15)28/h2,10-11,17,21H,1,3-9H2,(H3-,24,25,26,30,32,33)/b27-16+/t17-,21-/m1/s1. The highest BCUT2D eigenvalue weighted by Crippen LogP contribution is 2.40. The monoisotopic (exact) mass is 560 g/mol. The van der Waals surface area contributed by atoms with E-state index in [0.717, 1.165) is 37.0 Å². The fourth-order valence-corrected chi connectivity index (χ4v) is 7.54. The van der Waals surface area contributed by atoms with Crippen molar-refractivity contribution in [2.45, 2.75) is 43.6 Å². The van der Waals surface area contributed by atoms with Gasteiger partial charge in [-0.15, -0.1) is 23.1 Å². The van der Waals surface area contributed by atoms with Crippen molar-refractivity contribution >= 4 is 63.1 Å². The van der Waals surface area contributed by atoms with Crippen LogP contribution in [0.5, 0.6) is 0 Å². The molecule has 11 nitrogen and oxygen atoms in total. The summed E-state index contributed by atoms with van der Waals surface area (Å²) in [5, 5.41) is 19.9. The minimum absolute atomic E-state index is 0.0684. The molecule has 0 bridgehead atoms. The first-order valence-electron chi connectivity index (χ1n) is 11.6. The number of oxime groups is 1. The number of amides is 2. The maximum absolute atomic E-state index is 13.1. The smallest absolute Gasteiger partial charge is 0.276 e. The number of thioether (sulfide) groups is 1. The lowest BCUT2D eigenvalue weighted by Crippen LogP contribution is -2.71. The van der Waals surface area contributed by atoms with Gasteiger partial charge in [0.1, 0.15) is 23.7 Å². The van der Waals surface area contributed by atoms with E-state index in [1.807, 2.05) is 5.51 Å². The fraction of sp³-hybridized carbons (Fsp3) is 0.391. The molecule has 0 aromatic carbocycles. The molecule has 2 atom stereocenters. The number of nitrogens with one attached hydrogen (secondary N) is 1. The Morgan fingerprint density at radius 3 is 2.92 bits per heavy atom. The summed E-state index contributed by atoms with van der Waals surface area (Å²) in [6.07, 6.45) is 5.74. The molecule has 194 valence electrons. The Balaban J connectivity index is 1.34.